The number of hydrogen-bond acceptors (Lipinski definition) is 2. The van der Waals surface area contributed by atoms with E-state index in [4.69, 9.17) is 16.3 Å². The van der Waals surface area contributed by atoms with Crippen LogP contribution >= 0.6 is 11.6 Å². The smallest absolute Gasteiger partial charge is 0.407 e. The average Bonchev–Trinajstić information content (AvgIpc) is 2.27. The summed E-state index contributed by atoms with van der Waals surface area (Å²) in [5.41, 5.74) is 0.982. The molecule has 1 atom stereocenters. The van der Waals surface area contributed by atoms with Crippen molar-refractivity contribution in [2.45, 2.75) is 12.3 Å². The van der Waals surface area contributed by atoms with E-state index in [9.17, 15) is 4.79 Å². The van der Waals surface area contributed by atoms with Gasteiger partial charge in [-0.1, -0.05) is 30.3 Å². The molecule has 0 aliphatic rings. The molecule has 0 heterocycles. The number of hydrogen-bond donors (Lipinski definition) is 1. The van der Waals surface area contributed by atoms with Gasteiger partial charge < -0.3 is 10.1 Å². The fourth-order valence-corrected chi connectivity index (χ4v) is 1.36. The van der Waals surface area contributed by atoms with Crippen LogP contribution in [0.1, 0.15) is 17.9 Å². The molecule has 0 spiro atoms. The Morgan fingerprint density at radius 1 is 1.47 bits per heavy atom. The number of ether oxygens (including phenoxy) is 1. The molecule has 15 heavy (non-hydrogen) atoms. The molecule has 1 amide bonds. The predicted molar refractivity (Wildman–Crippen MR) is 60.1 cm³/mol. The van der Waals surface area contributed by atoms with E-state index in [1.807, 2.05) is 30.3 Å². The molecular weight excluding hydrogens is 214 g/mol. The molecule has 1 unspecified atom stereocenters. The number of carbonyl (C=O) groups excluding carboxylic acids is 1. The predicted octanol–water partition coefficient (Wildman–Crippen LogP) is 2.71. The summed E-state index contributed by atoms with van der Waals surface area (Å²) in [6, 6.07) is 9.59. The van der Waals surface area contributed by atoms with Crippen molar-refractivity contribution in [3.63, 3.8) is 0 Å². The molecule has 0 aliphatic heterocycles. The SMILES string of the molecule is CCOC(=O)NCC(Cl)c1ccccc1. The summed E-state index contributed by atoms with van der Waals surface area (Å²) < 4.78 is 4.72. The van der Waals surface area contributed by atoms with Gasteiger partial charge in [-0.05, 0) is 12.5 Å². The van der Waals surface area contributed by atoms with Crippen molar-refractivity contribution in [1.82, 2.24) is 5.32 Å². The minimum Gasteiger partial charge on any atom is -0.450 e. The monoisotopic (exact) mass is 227 g/mol. The van der Waals surface area contributed by atoms with Crippen LogP contribution < -0.4 is 5.32 Å². The molecule has 0 aromatic heterocycles. The van der Waals surface area contributed by atoms with E-state index in [0.717, 1.165) is 5.56 Å². The van der Waals surface area contributed by atoms with Gasteiger partial charge in [0.2, 0.25) is 0 Å². The first kappa shape index (κ1) is 11.9. The maximum Gasteiger partial charge on any atom is 0.407 e. The second kappa shape index (κ2) is 6.30. The highest BCUT2D eigenvalue weighted by Gasteiger charge is 2.08. The van der Waals surface area contributed by atoms with Crippen LogP contribution in [-0.4, -0.2) is 19.2 Å². The van der Waals surface area contributed by atoms with Crippen molar-refractivity contribution in [3.8, 4) is 0 Å². The first-order valence-electron chi connectivity index (χ1n) is 4.83. The van der Waals surface area contributed by atoms with Crippen LogP contribution in [0.5, 0.6) is 0 Å². The lowest BCUT2D eigenvalue weighted by atomic mass is 10.1. The summed E-state index contributed by atoms with van der Waals surface area (Å²) >= 11 is 6.08. The fraction of sp³-hybridized carbons (Fsp3) is 0.364. The summed E-state index contributed by atoms with van der Waals surface area (Å²) in [7, 11) is 0. The van der Waals surface area contributed by atoms with Gasteiger partial charge in [0, 0.05) is 6.54 Å². The van der Waals surface area contributed by atoms with Crippen molar-refractivity contribution in [2.75, 3.05) is 13.2 Å². The van der Waals surface area contributed by atoms with Gasteiger partial charge in [0.25, 0.3) is 0 Å². The molecule has 0 saturated carbocycles. The zero-order chi connectivity index (χ0) is 11.1. The molecule has 3 nitrogen and oxygen atoms in total. The van der Waals surface area contributed by atoms with E-state index in [0.29, 0.717) is 13.2 Å². The number of alkyl halides is 1. The van der Waals surface area contributed by atoms with Crippen molar-refractivity contribution in [1.29, 1.82) is 0 Å². The van der Waals surface area contributed by atoms with E-state index in [2.05, 4.69) is 5.32 Å². The Morgan fingerprint density at radius 2 is 2.13 bits per heavy atom. The lowest BCUT2D eigenvalue weighted by Gasteiger charge is -2.10. The first-order chi connectivity index (χ1) is 7.24. The van der Waals surface area contributed by atoms with Crippen LogP contribution in [0.3, 0.4) is 0 Å². The molecule has 1 aromatic rings. The lowest BCUT2D eigenvalue weighted by Crippen LogP contribution is -2.27. The molecular formula is C11H14ClNO2. The van der Waals surface area contributed by atoms with Crippen LogP contribution in [0.15, 0.2) is 30.3 Å². The third-order valence-electron chi connectivity index (χ3n) is 1.86. The van der Waals surface area contributed by atoms with Crippen molar-refractivity contribution < 1.29 is 9.53 Å². The average molecular weight is 228 g/mol. The Labute approximate surface area is 94.4 Å². The Balaban J connectivity index is 2.37. The molecule has 1 N–H and O–H groups in total. The quantitative estimate of drug-likeness (QED) is 0.804. The number of alkyl carbamates (subject to hydrolysis) is 1. The topological polar surface area (TPSA) is 38.3 Å². The Morgan fingerprint density at radius 3 is 2.73 bits per heavy atom. The van der Waals surface area contributed by atoms with E-state index in [-0.39, 0.29) is 5.38 Å². The standard InChI is InChI=1S/C11H14ClNO2/c1-2-15-11(14)13-8-10(12)9-6-4-3-5-7-9/h3-7,10H,2,8H2,1H3,(H,13,14). The molecule has 0 bridgehead atoms. The minimum atomic E-state index is -0.431. The number of carbonyl (C=O) groups is 1. The number of benzene rings is 1. The molecule has 0 aliphatic carbocycles. The van der Waals surface area contributed by atoms with Gasteiger partial charge in [-0.3, -0.25) is 0 Å². The number of rotatable bonds is 4. The van der Waals surface area contributed by atoms with Crippen LogP contribution in [0.4, 0.5) is 4.79 Å². The van der Waals surface area contributed by atoms with Gasteiger partial charge in [0.15, 0.2) is 0 Å². The maximum absolute atomic E-state index is 11.0. The van der Waals surface area contributed by atoms with E-state index < -0.39 is 6.09 Å². The van der Waals surface area contributed by atoms with Crippen LogP contribution in [0.25, 0.3) is 0 Å². The molecule has 0 saturated heterocycles. The number of amides is 1. The van der Waals surface area contributed by atoms with E-state index in [1.54, 1.807) is 6.92 Å². The van der Waals surface area contributed by atoms with Gasteiger partial charge >= 0.3 is 6.09 Å². The summed E-state index contributed by atoms with van der Waals surface area (Å²) in [6.45, 7) is 2.49. The highest BCUT2D eigenvalue weighted by Crippen LogP contribution is 2.18. The third kappa shape index (κ3) is 4.21. The van der Waals surface area contributed by atoms with Crippen molar-refractivity contribution in [2.24, 2.45) is 0 Å². The normalized spacial score (nSPS) is 11.9. The fourth-order valence-electron chi connectivity index (χ4n) is 1.13. The Hall–Kier alpha value is -1.22. The van der Waals surface area contributed by atoms with Crippen LogP contribution in [0.2, 0.25) is 0 Å². The van der Waals surface area contributed by atoms with Gasteiger partial charge in [0.05, 0.1) is 12.0 Å². The van der Waals surface area contributed by atoms with E-state index in [1.165, 1.54) is 0 Å². The molecule has 0 radical (unpaired) electrons. The van der Waals surface area contributed by atoms with Gasteiger partial charge in [-0.25, -0.2) is 4.79 Å². The third-order valence-corrected chi connectivity index (χ3v) is 2.27. The minimum absolute atomic E-state index is 0.226. The first-order valence-corrected chi connectivity index (χ1v) is 5.27. The second-order valence-electron chi connectivity index (χ2n) is 2.98. The second-order valence-corrected chi connectivity index (χ2v) is 3.51. The summed E-state index contributed by atoms with van der Waals surface area (Å²) in [4.78, 5) is 11.0. The van der Waals surface area contributed by atoms with Gasteiger partial charge in [-0.15, -0.1) is 11.6 Å². The maximum atomic E-state index is 11.0. The zero-order valence-corrected chi connectivity index (χ0v) is 9.33. The van der Waals surface area contributed by atoms with Crippen LogP contribution in [0, 0.1) is 0 Å². The van der Waals surface area contributed by atoms with Crippen molar-refractivity contribution >= 4 is 17.7 Å². The summed E-state index contributed by atoms with van der Waals surface area (Å²) in [5.74, 6) is 0. The largest absolute Gasteiger partial charge is 0.450 e. The van der Waals surface area contributed by atoms with Gasteiger partial charge in [0.1, 0.15) is 0 Å². The number of halogens is 1. The Kier molecular flexibility index (Phi) is 4.98. The van der Waals surface area contributed by atoms with E-state index >= 15 is 0 Å². The Bertz CT molecular complexity index is 303. The lowest BCUT2D eigenvalue weighted by molar-refractivity contribution is 0.152. The summed E-state index contributed by atoms with van der Waals surface area (Å²) in [5, 5.41) is 2.36. The number of nitrogens with one attached hydrogen (secondary N) is 1. The van der Waals surface area contributed by atoms with Gasteiger partial charge in [-0.2, -0.15) is 0 Å². The molecule has 0 fully saturated rings. The zero-order valence-electron chi connectivity index (χ0n) is 8.57. The molecule has 1 rings (SSSR count). The summed E-state index contributed by atoms with van der Waals surface area (Å²) in [6.07, 6.45) is -0.431. The highest BCUT2D eigenvalue weighted by atomic mass is 35.5. The van der Waals surface area contributed by atoms with Crippen LogP contribution in [-0.2, 0) is 4.74 Å². The molecule has 4 heteroatoms. The molecule has 82 valence electrons. The van der Waals surface area contributed by atoms with Crippen molar-refractivity contribution in [3.05, 3.63) is 35.9 Å². The molecule has 1 aromatic carbocycles. The highest BCUT2D eigenvalue weighted by molar-refractivity contribution is 6.21.